The number of rotatable bonds is 7. The number of aromatic nitrogens is 3. The van der Waals surface area contributed by atoms with Crippen LogP contribution in [0.4, 0.5) is 5.82 Å². The van der Waals surface area contributed by atoms with E-state index >= 15 is 0 Å². The van der Waals surface area contributed by atoms with Crippen molar-refractivity contribution in [1.82, 2.24) is 15.0 Å². The van der Waals surface area contributed by atoms with Crippen molar-refractivity contribution in [3.8, 4) is 22.5 Å². The summed E-state index contributed by atoms with van der Waals surface area (Å²) in [7, 11) is -3.68. The van der Waals surface area contributed by atoms with Gasteiger partial charge in [0.05, 0.1) is 5.39 Å². The molecule has 5 rings (SSSR count). The lowest BCUT2D eigenvalue weighted by Gasteiger charge is -2.10. The Bertz CT molecular complexity index is 1510. The first-order chi connectivity index (χ1) is 16.0. The standard InChI is InChI=1S/C23H19N5O2S3/c24-33(29,30)19-9-8-17(32-19)10-12-26-22-20-18(15-5-2-1-3-6-15)14-31-23(20)28-21(27-22)16-7-4-11-25-13-16/h1-9,11,13-14H,10,12H2,(H2,24,29,30)(H,26,27,28). The molecule has 0 radical (unpaired) electrons. The Morgan fingerprint density at radius 1 is 0.970 bits per heavy atom. The molecule has 33 heavy (non-hydrogen) atoms. The number of nitrogens with zero attached hydrogens (tertiary/aromatic N) is 3. The number of hydrogen-bond donors (Lipinski definition) is 2. The molecule has 0 aliphatic rings. The van der Waals surface area contributed by atoms with Crippen LogP contribution in [-0.4, -0.2) is 29.9 Å². The maximum absolute atomic E-state index is 11.6. The number of hydrogen-bond acceptors (Lipinski definition) is 8. The second kappa shape index (κ2) is 8.99. The highest BCUT2D eigenvalue weighted by atomic mass is 32.2. The first-order valence-corrected chi connectivity index (χ1v) is 13.3. The molecule has 0 spiro atoms. The molecular weight excluding hydrogens is 474 g/mol. The van der Waals surface area contributed by atoms with E-state index in [1.165, 1.54) is 11.3 Å². The molecule has 1 aromatic carbocycles. The van der Waals surface area contributed by atoms with Crippen LogP contribution >= 0.6 is 22.7 Å². The van der Waals surface area contributed by atoms with Crippen molar-refractivity contribution in [2.45, 2.75) is 10.6 Å². The van der Waals surface area contributed by atoms with E-state index in [-0.39, 0.29) is 4.21 Å². The molecule has 4 aromatic heterocycles. The molecule has 0 aliphatic heterocycles. The van der Waals surface area contributed by atoms with Crippen LogP contribution in [0, 0.1) is 0 Å². The van der Waals surface area contributed by atoms with Gasteiger partial charge in [0.15, 0.2) is 5.82 Å². The second-order valence-corrected chi connectivity index (χ2v) is 11.1. The van der Waals surface area contributed by atoms with E-state index < -0.39 is 10.0 Å². The summed E-state index contributed by atoms with van der Waals surface area (Å²) in [6.07, 6.45) is 4.10. The Morgan fingerprint density at radius 2 is 1.79 bits per heavy atom. The predicted octanol–water partition coefficient (Wildman–Crippen LogP) is 4.78. The van der Waals surface area contributed by atoms with E-state index in [0.29, 0.717) is 18.8 Å². The minimum Gasteiger partial charge on any atom is -0.369 e. The van der Waals surface area contributed by atoms with Crippen molar-refractivity contribution in [1.29, 1.82) is 0 Å². The normalized spacial score (nSPS) is 11.7. The molecule has 0 aliphatic carbocycles. The Morgan fingerprint density at radius 3 is 2.52 bits per heavy atom. The van der Waals surface area contributed by atoms with Gasteiger partial charge in [-0.2, -0.15) is 0 Å². The molecule has 7 nitrogen and oxygen atoms in total. The molecule has 10 heteroatoms. The Hall–Kier alpha value is -3.18. The lowest BCUT2D eigenvalue weighted by Crippen LogP contribution is -2.10. The molecule has 4 heterocycles. The van der Waals surface area contributed by atoms with Crippen LogP contribution in [-0.2, 0) is 16.4 Å². The summed E-state index contributed by atoms with van der Waals surface area (Å²) in [5.41, 5.74) is 3.01. The third kappa shape index (κ3) is 4.64. The van der Waals surface area contributed by atoms with Crippen molar-refractivity contribution in [2.75, 3.05) is 11.9 Å². The predicted molar refractivity (Wildman–Crippen MR) is 134 cm³/mol. The number of sulfonamides is 1. The highest BCUT2D eigenvalue weighted by Gasteiger charge is 2.17. The number of primary sulfonamides is 1. The molecule has 0 unspecified atom stereocenters. The van der Waals surface area contributed by atoms with E-state index in [9.17, 15) is 8.42 Å². The van der Waals surface area contributed by atoms with Crippen LogP contribution in [0.1, 0.15) is 4.88 Å². The van der Waals surface area contributed by atoms with Crippen LogP contribution in [0.5, 0.6) is 0 Å². The van der Waals surface area contributed by atoms with Crippen molar-refractivity contribution in [2.24, 2.45) is 5.14 Å². The van der Waals surface area contributed by atoms with Gasteiger partial charge in [0.25, 0.3) is 0 Å². The third-order valence-electron chi connectivity index (χ3n) is 5.02. The Kier molecular flexibility index (Phi) is 5.90. The molecule has 0 saturated carbocycles. The lowest BCUT2D eigenvalue weighted by molar-refractivity contribution is 0.600. The van der Waals surface area contributed by atoms with Gasteiger partial charge in [0.1, 0.15) is 14.9 Å². The summed E-state index contributed by atoms with van der Waals surface area (Å²) in [4.78, 5) is 15.6. The monoisotopic (exact) mass is 493 g/mol. The molecule has 5 aromatic rings. The molecule has 0 saturated heterocycles. The SMILES string of the molecule is NS(=O)(=O)c1ccc(CCNc2nc(-c3cccnc3)nc3scc(-c4ccccc4)c23)s1. The molecule has 3 N–H and O–H groups in total. The number of thiophene rings is 2. The van der Waals surface area contributed by atoms with Gasteiger partial charge in [0, 0.05) is 40.3 Å². The van der Waals surface area contributed by atoms with Gasteiger partial charge in [0.2, 0.25) is 10.0 Å². The van der Waals surface area contributed by atoms with Gasteiger partial charge in [-0.15, -0.1) is 22.7 Å². The summed E-state index contributed by atoms with van der Waals surface area (Å²) in [5, 5.41) is 11.8. The fourth-order valence-electron chi connectivity index (χ4n) is 3.47. The third-order valence-corrected chi connectivity index (χ3v) is 8.48. The van der Waals surface area contributed by atoms with Gasteiger partial charge in [-0.3, -0.25) is 4.98 Å². The topological polar surface area (TPSA) is 111 Å². The van der Waals surface area contributed by atoms with Gasteiger partial charge >= 0.3 is 0 Å². The Balaban J connectivity index is 1.50. The fourth-order valence-corrected chi connectivity index (χ4v) is 6.20. The van der Waals surface area contributed by atoms with E-state index in [1.54, 1.807) is 35.9 Å². The number of pyridine rings is 1. The van der Waals surface area contributed by atoms with Crippen LogP contribution < -0.4 is 10.5 Å². The smallest absolute Gasteiger partial charge is 0.247 e. The summed E-state index contributed by atoms with van der Waals surface area (Å²) >= 11 is 2.77. The van der Waals surface area contributed by atoms with Crippen molar-refractivity contribution in [3.05, 3.63) is 77.2 Å². The quantitative estimate of drug-likeness (QED) is 0.337. The average molecular weight is 494 g/mol. The number of benzene rings is 1. The molecule has 0 fully saturated rings. The molecular formula is C23H19N5O2S3. The Labute approximate surface area is 199 Å². The number of anilines is 1. The zero-order valence-electron chi connectivity index (χ0n) is 17.3. The number of fused-ring (bicyclic) bond motifs is 1. The largest absolute Gasteiger partial charge is 0.369 e. The van der Waals surface area contributed by atoms with Gasteiger partial charge in [-0.1, -0.05) is 30.3 Å². The van der Waals surface area contributed by atoms with Crippen LogP contribution in [0.25, 0.3) is 32.7 Å². The van der Waals surface area contributed by atoms with E-state index in [0.717, 1.165) is 37.6 Å². The van der Waals surface area contributed by atoms with Crippen LogP contribution in [0.2, 0.25) is 0 Å². The average Bonchev–Trinajstić information content (AvgIpc) is 3.48. The molecule has 0 atom stereocenters. The highest BCUT2D eigenvalue weighted by Crippen LogP contribution is 2.38. The van der Waals surface area contributed by atoms with Gasteiger partial charge in [-0.05, 0) is 36.2 Å². The maximum atomic E-state index is 11.6. The second-order valence-electron chi connectivity index (χ2n) is 7.28. The van der Waals surface area contributed by atoms with Crippen molar-refractivity contribution in [3.63, 3.8) is 0 Å². The molecule has 0 bridgehead atoms. The zero-order valence-corrected chi connectivity index (χ0v) is 19.8. The van der Waals surface area contributed by atoms with E-state index in [2.05, 4.69) is 27.8 Å². The molecule has 0 amide bonds. The summed E-state index contributed by atoms with van der Waals surface area (Å²) < 4.78 is 23.3. The van der Waals surface area contributed by atoms with E-state index in [4.69, 9.17) is 15.1 Å². The van der Waals surface area contributed by atoms with Crippen LogP contribution in [0.15, 0.2) is 76.6 Å². The minimum atomic E-state index is -3.68. The number of nitrogens with two attached hydrogens (primary N) is 1. The van der Waals surface area contributed by atoms with Crippen molar-refractivity contribution >= 4 is 48.7 Å². The first kappa shape index (κ1) is 21.7. The summed E-state index contributed by atoms with van der Waals surface area (Å²) in [5.74, 6) is 1.34. The first-order valence-electron chi connectivity index (χ1n) is 10.1. The fraction of sp³-hybridized carbons (Fsp3) is 0.0870. The van der Waals surface area contributed by atoms with Gasteiger partial charge in [-0.25, -0.2) is 23.5 Å². The van der Waals surface area contributed by atoms with E-state index in [1.807, 2.05) is 30.3 Å². The maximum Gasteiger partial charge on any atom is 0.247 e. The van der Waals surface area contributed by atoms with Gasteiger partial charge < -0.3 is 5.32 Å². The molecule has 166 valence electrons. The van der Waals surface area contributed by atoms with Crippen molar-refractivity contribution < 1.29 is 8.42 Å². The summed E-state index contributed by atoms with van der Waals surface area (Å²) in [6.45, 7) is 0.577. The zero-order chi connectivity index (χ0) is 22.8. The summed E-state index contributed by atoms with van der Waals surface area (Å²) in [6, 6.07) is 17.3. The lowest BCUT2D eigenvalue weighted by atomic mass is 10.1. The highest BCUT2D eigenvalue weighted by molar-refractivity contribution is 7.91. The minimum absolute atomic E-state index is 0.171. The van der Waals surface area contributed by atoms with Crippen LogP contribution in [0.3, 0.4) is 0 Å². The number of nitrogens with one attached hydrogen (secondary N) is 1.